The smallest absolute Gasteiger partial charge is 0.272 e. The highest BCUT2D eigenvalue weighted by Crippen LogP contribution is 2.26. The molecule has 0 aliphatic carbocycles. The van der Waals surface area contributed by atoms with Crippen molar-refractivity contribution in [2.45, 2.75) is 13.8 Å². The quantitative estimate of drug-likeness (QED) is 0.561. The van der Waals surface area contributed by atoms with Crippen LogP contribution in [-0.4, -0.2) is 15.5 Å². The second-order valence-electron chi connectivity index (χ2n) is 6.35. The molecule has 24 heavy (non-hydrogen) atoms. The fourth-order valence-corrected chi connectivity index (χ4v) is 3.32. The van der Waals surface area contributed by atoms with Crippen LogP contribution >= 0.6 is 0 Å². The zero-order chi connectivity index (χ0) is 16.8. The molecule has 2 aromatic carbocycles. The van der Waals surface area contributed by atoms with E-state index in [0.717, 1.165) is 27.5 Å². The van der Waals surface area contributed by atoms with Crippen molar-refractivity contribution in [2.75, 3.05) is 5.32 Å². The molecule has 0 bridgehead atoms. The number of benzene rings is 2. The lowest BCUT2D eigenvalue weighted by atomic mass is 10.1. The highest BCUT2D eigenvalue weighted by Gasteiger charge is 2.13. The van der Waals surface area contributed by atoms with E-state index in [1.54, 1.807) is 0 Å². The summed E-state index contributed by atoms with van der Waals surface area (Å²) in [6, 6.07) is 14.1. The molecule has 4 heteroatoms. The minimum atomic E-state index is -0.125. The largest absolute Gasteiger partial charge is 0.351 e. The van der Waals surface area contributed by atoms with E-state index < -0.39 is 0 Å². The number of amides is 1. The molecule has 4 aromatic rings. The van der Waals surface area contributed by atoms with E-state index in [1.165, 1.54) is 11.1 Å². The van der Waals surface area contributed by atoms with E-state index >= 15 is 0 Å². The molecule has 0 fully saturated rings. The molecule has 120 valence electrons. The molecular weight excluding hydrogens is 298 g/mol. The number of nitrogens with zero attached hydrogens (tertiary/aromatic N) is 1. The van der Waals surface area contributed by atoms with E-state index in [9.17, 15) is 4.79 Å². The standard InChI is InChI=1S/C20H19N3O/c1-12-9-13(2)15-11-18(21-17(15)10-12)20(24)22-16-5-4-6-19-14(16)7-8-23(19)3/h4-11,21H,1-3H3,(H,22,24). The van der Waals surface area contributed by atoms with Crippen LogP contribution in [0.4, 0.5) is 5.69 Å². The van der Waals surface area contributed by atoms with E-state index in [1.807, 2.05) is 48.1 Å². The van der Waals surface area contributed by atoms with Crippen LogP contribution in [0.5, 0.6) is 0 Å². The third kappa shape index (κ3) is 2.27. The van der Waals surface area contributed by atoms with Crippen LogP contribution in [0.2, 0.25) is 0 Å². The van der Waals surface area contributed by atoms with E-state index in [2.05, 4.69) is 36.3 Å². The van der Waals surface area contributed by atoms with E-state index in [-0.39, 0.29) is 5.91 Å². The van der Waals surface area contributed by atoms with Gasteiger partial charge in [-0.25, -0.2) is 0 Å². The summed E-state index contributed by atoms with van der Waals surface area (Å²) in [5, 5.41) is 5.15. The van der Waals surface area contributed by atoms with Crippen molar-refractivity contribution in [2.24, 2.45) is 7.05 Å². The average Bonchev–Trinajstić information content (AvgIpc) is 3.12. The van der Waals surface area contributed by atoms with Gasteiger partial charge in [-0.1, -0.05) is 12.1 Å². The van der Waals surface area contributed by atoms with Crippen LogP contribution in [0.25, 0.3) is 21.8 Å². The Morgan fingerprint density at radius 2 is 1.92 bits per heavy atom. The Hall–Kier alpha value is -3.01. The molecule has 0 unspecified atom stereocenters. The van der Waals surface area contributed by atoms with Gasteiger partial charge >= 0.3 is 0 Å². The molecule has 0 radical (unpaired) electrons. The first-order valence-electron chi connectivity index (χ1n) is 7.98. The Balaban J connectivity index is 1.72. The third-order valence-corrected chi connectivity index (χ3v) is 4.51. The lowest BCUT2D eigenvalue weighted by Crippen LogP contribution is -2.12. The monoisotopic (exact) mass is 317 g/mol. The number of anilines is 1. The number of aryl methyl sites for hydroxylation is 3. The molecule has 0 saturated heterocycles. The topological polar surface area (TPSA) is 49.8 Å². The molecule has 0 aliphatic rings. The molecule has 0 saturated carbocycles. The average molecular weight is 317 g/mol. The van der Waals surface area contributed by atoms with E-state index in [4.69, 9.17) is 0 Å². The third-order valence-electron chi connectivity index (χ3n) is 4.51. The fraction of sp³-hybridized carbons (Fsp3) is 0.150. The van der Waals surface area contributed by atoms with Crippen LogP contribution in [0, 0.1) is 13.8 Å². The van der Waals surface area contributed by atoms with Crippen molar-refractivity contribution in [3.05, 3.63) is 65.5 Å². The van der Waals surface area contributed by atoms with Crippen molar-refractivity contribution in [1.29, 1.82) is 0 Å². The molecule has 4 nitrogen and oxygen atoms in total. The van der Waals surface area contributed by atoms with Gasteiger partial charge in [0.1, 0.15) is 5.69 Å². The van der Waals surface area contributed by atoms with Gasteiger partial charge in [-0.2, -0.15) is 0 Å². The molecule has 4 rings (SSSR count). The Morgan fingerprint density at radius 3 is 2.75 bits per heavy atom. The maximum atomic E-state index is 12.7. The molecule has 1 amide bonds. The van der Waals surface area contributed by atoms with Gasteiger partial charge in [0.15, 0.2) is 0 Å². The van der Waals surface area contributed by atoms with Gasteiger partial charge in [-0.05, 0) is 55.3 Å². The highest BCUT2D eigenvalue weighted by molar-refractivity contribution is 6.10. The van der Waals surface area contributed by atoms with Crippen LogP contribution in [-0.2, 0) is 7.05 Å². The number of carbonyl (C=O) groups is 1. The zero-order valence-electron chi connectivity index (χ0n) is 14.0. The summed E-state index contributed by atoms with van der Waals surface area (Å²) in [6.07, 6.45) is 2.00. The van der Waals surface area contributed by atoms with Gasteiger partial charge in [-0.3, -0.25) is 4.79 Å². The summed E-state index contributed by atoms with van der Waals surface area (Å²) in [7, 11) is 2.00. The predicted molar refractivity (Wildman–Crippen MR) is 98.6 cm³/mol. The minimum Gasteiger partial charge on any atom is -0.351 e. The first-order valence-corrected chi connectivity index (χ1v) is 7.98. The number of carbonyl (C=O) groups excluding carboxylic acids is 1. The Labute approximate surface area is 140 Å². The summed E-state index contributed by atoms with van der Waals surface area (Å²) in [4.78, 5) is 15.9. The van der Waals surface area contributed by atoms with E-state index in [0.29, 0.717) is 5.69 Å². The van der Waals surface area contributed by atoms with Gasteiger partial charge in [0.05, 0.1) is 5.69 Å². The molecule has 0 atom stereocenters. The predicted octanol–water partition coefficient (Wildman–Crippen LogP) is 4.53. The first kappa shape index (κ1) is 14.6. The molecular formula is C20H19N3O. The summed E-state index contributed by atoms with van der Waals surface area (Å²) in [5.41, 5.74) is 5.84. The molecule has 2 heterocycles. The van der Waals surface area contributed by atoms with Gasteiger partial charge in [0.2, 0.25) is 0 Å². The van der Waals surface area contributed by atoms with Crippen molar-refractivity contribution in [3.8, 4) is 0 Å². The first-order chi connectivity index (χ1) is 11.5. The Morgan fingerprint density at radius 1 is 1.08 bits per heavy atom. The summed E-state index contributed by atoms with van der Waals surface area (Å²) >= 11 is 0. The van der Waals surface area contributed by atoms with Crippen LogP contribution in [0.1, 0.15) is 21.6 Å². The van der Waals surface area contributed by atoms with Gasteiger partial charge in [-0.15, -0.1) is 0 Å². The zero-order valence-corrected chi connectivity index (χ0v) is 14.0. The maximum absolute atomic E-state index is 12.7. The molecule has 2 N–H and O–H groups in total. The van der Waals surface area contributed by atoms with Crippen LogP contribution < -0.4 is 5.32 Å². The number of aromatic amines is 1. The summed E-state index contributed by atoms with van der Waals surface area (Å²) in [6.45, 7) is 4.12. The van der Waals surface area contributed by atoms with Crippen LogP contribution in [0.3, 0.4) is 0 Å². The second-order valence-corrected chi connectivity index (χ2v) is 6.35. The van der Waals surface area contributed by atoms with Crippen molar-refractivity contribution >= 4 is 33.4 Å². The van der Waals surface area contributed by atoms with Crippen LogP contribution in [0.15, 0.2) is 48.7 Å². The normalized spacial score (nSPS) is 11.3. The summed E-state index contributed by atoms with van der Waals surface area (Å²) in [5.74, 6) is -0.125. The number of fused-ring (bicyclic) bond motifs is 2. The number of hydrogen-bond acceptors (Lipinski definition) is 1. The SMILES string of the molecule is Cc1cc(C)c2cc(C(=O)Nc3cccc4c3ccn4C)[nH]c2c1. The number of hydrogen-bond donors (Lipinski definition) is 2. The van der Waals surface area contributed by atoms with Crippen molar-refractivity contribution in [3.63, 3.8) is 0 Å². The lowest BCUT2D eigenvalue weighted by Gasteiger charge is -2.06. The minimum absolute atomic E-state index is 0.125. The number of nitrogens with one attached hydrogen (secondary N) is 2. The highest BCUT2D eigenvalue weighted by atomic mass is 16.1. The second kappa shape index (κ2) is 5.27. The maximum Gasteiger partial charge on any atom is 0.272 e. The lowest BCUT2D eigenvalue weighted by molar-refractivity contribution is 0.102. The number of H-pyrrole nitrogens is 1. The van der Waals surface area contributed by atoms with Gasteiger partial charge < -0.3 is 14.9 Å². The molecule has 0 spiro atoms. The number of aromatic nitrogens is 2. The van der Waals surface area contributed by atoms with Crippen molar-refractivity contribution < 1.29 is 4.79 Å². The Bertz CT molecular complexity index is 1090. The van der Waals surface area contributed by atoms with Crippen molar-refractivity contribution in [1.82, 2.24) is 9.55 Å². The molecule has 0 aliphatic heterocycles. The molecule has 2 aromatic heterocycles. The van der Waals surface area contributed by atoms with Gasteiger partial charge in [0, 0.05) is 35.1 Å². The summed E-state index contributed by atoms with van der Waals surface area (Å²) < 4.78 is 2.04. The Kier molecular flexibility index (Phi) is 3.20. The number of rotatable bonds is 2. The van der Waals surface area contributed by atoms with Gasteiger partial charge in [0.25, 0.3) is 5.91 Å². The fourth-order valence-electron chi connectivity index (χ4n) is 3.32.